The van der Waals surface area contributed by atoms with Crippen LogP contribution in [0.15, 0.2) is 47.3 Å². The highest BCUT2D eigenvalue weighted by Gasteiger charge is 2.15. The lowest BCUT2D eigenvalue weighted by atomic mass is 10.1. The Hall–Kier alpha value is -2.11. The van der Waals surface area contributed by atoms with Gasteiger partial charge in [-0.05, 0) is 23.7 Å². The SMILES string of the molecule is CCN1CCN(Cc2ccc(CNC(=O)c3ccoc3)cc2)CC1. The van der Waals surface area contributed by atoms with Crippen molar-refractivity contribution in [2.24, 2.45) is 0 Å². The molecule has 0 saturated carbocycles. The van der Waals surface area contributed by atoms with Gasteiger partial charge in [0.25, 0.3) is 5.91 Å². The summed E-state index contributed by atoms with van der Waals surface area (Å²) in [6.07, 6.45) is 2.96. The number of hydrogen-bond acceptors (Lipinski definition) is 4. The molecule has 5 nitrogen and oxygen atoms in total. The zero-order valence-electron chi connectivity index (χ0n) is 14.2. The Bertz CT molecular complexity index is 629. The maximum absolute atomic E-state index is 11.9. The van der Waals surface area contributed by atoms with Gasteiger partial charge in [0.1, 0.15) is 6.26 Å². The lowest BCUT2D eigenvalue weighted by Gasteiger charge is -2.34. The van der Waals surface area contributed by atoms with Crippen LogP contribution in [0.3, 0.4) is 0 Å². The molecule has 0 radical (unpaired) electrons. The first-order chi connectivity index (χ1) is 11.7. The molecule has 24 heavy (non-hydrogen) atoms. The molecule has 1 fully saturated rings. The highest BCUT2D eigenvalue weighted by Crippen LogP contribution is 2.10. The molecule has 1 aromatic carbocycles. The molecule has 1 aromatic heterocycles. The van der Waals surface area contributed by atoms with E-state index in [2.05, 4.69) is 46.3 Å². The highest BCUT2D eigenvalue weighted by atomic mass is 16.3. The Labute approximate surface area is 143 Å². The molecule has 1 aliphatic rings. The number of carbonyl (C=O) groups is 1. The molecule has 1 aliphatic heterocycles. The van der Waals surface area contributed by atoms with Gasteiger partial charge in [-0.3, -0.25) is 9.69 Å². The molecule has 2 heterocycles. The molecule has 1 amide bonds. The topological polar surface area (TPSA) is 48.7 Å². The minimum atomic E-state index is -0.110. The summed E-state index contributed by atoms with van der Waals surface area (Å²) in [4.78, 5) is 16.9. The van der Waals surface area contributed by atoms with Gasteiger partial charge in [0.05, 0.1) is 11.8 Å². The van der Waals surface area contributed by atoms with Crippen molar-refractivity contribution in [3.63, 3.8) is 0 Å². The van der Waals surface area contributed by atoms with E-state index in [0.29, 0.717) is 12.1 Å². The van der Waals surface area contributed by atoms with E-state index in [4.69, 9.17) is 4.42 Å². The van der Waals surface area contributed by atoms with Crippen LogP contribution >= 0.6 is 0 Å². The molecule has 0 aliphatic carbocycles. The molecule has 1 saturated heterocycles. The normalized spacial score (nSPS) is 16.2. The lowest BCUT2D eigenvalue weighted by molar-refractivity contribution is 0.0950. The van der Waals surface area contributed by atoms with Crippen molar-refractivity contribution >= 4 is 5.91 Å². The van der Waals surface area contributed by atoms with E-state index >= 15 is 0 Å². The van der Waals surface area contributed by atoms with E-state index in [-0.39, 0.29) is 5.91 Å². The number of amides is 1. The molecule has 128 valence electrons. The van der Waals surface area contributed by atoms with Crippen LogP contribution in [0.25, 0.3) is 0 Å². The first-order valence-corrected chi connectivity index (χ1v) is 8.57. The van der Waals surface area contributed by atoms with Gasteiger partial charge < -0.3 is 14.6 Å². The smallest absolute Gasteiger partial charge is 0.254 e. The Kier molecular flexibility index (Phi) is 5.67. The van der Waals surface area contributed by atoms with Crippen molar-refractivity contribution in [3.05, 3.63) is 59.5 Å². The molecule has 0 bridgehead atoms. The van der Waals surface area contributed by atoms with Gasteiger partial charge in [0.15, 0.2) is 0 Å². The monoisotopic (exact) mass is 327 g/mol. The van der Waals surface area contributed by atoms with Crippen molar-refractivity contribution in [2.45, 2.75) is 20.0 Å². The number of rotatable bonds is 6. The third-order valence-electron chi connectivity index (χ3n) is 4.58. The highest BCUT2D eigenvalue weighted by molar-refractivity contribution is 5.93. The van der Waals surface area contributed by atoms with E-state index in [0.717, 1.165) is 44.8 Å². The van der Waals surface area contributed by atoms with E-state index < -0.39 is 0 Å². The van der Waals surface area contributed by atoms with Crippen LogP contribution in [0.2, 0.25) is 0 Å². The van der Waals surface area contributed by atoms with Gasteiger partial charge in [-0.25, -0.2) is 0 Å². The zero-order valence-corrected chi connectivity index (χ0v) is 14.2. The first-order valence-electron chi connectivity index (χ1n) is 8.57. The summed E-state index contributed by atoms with van der Waals surface area (Å²) in [6, 6.07) is 10.2. The minimum absolute atomic E-state index is 0.110. The number of nitrogens with zero attached hydrogens (tertiary/aromatic N) is 2. The van der Waals surface area contributed by atoms with Crippen LogP contribution in [0, 0.1) is 0 Å². The van der Waals surface area contributed by atoms with Crippen LogP contribution in [-0.2, 0) is 13.1 Å². The molecule has 0 atom stereocenters. The number of furan rings is 1. The summed E-state index contributed by atoms with van der Waals surface area (Å²) >= 11 is 0. The molecular formula is C19H25N3O2. The Morgan fingerprint density at radius 2 is 1.71 bits per heavy atom. The summed E-state index contributed by atoms with van der Waals surface area (Å²) in [6.45, 7) is 9.49. The lowest BCUT2D eigenvalue weighted by Crippen LogP contribution is -2.45. The van der Waals surface area contributed by atoms with E-state index in [1.54, 1.807) is 6.07 Å². The van der Waals surface area contributed by atoms with Crippen LogP contribution in [0.1, 0.15) is 28.4 Å². The summed E-state index contributed by atoms with van der Waals surface area (Å²) in [7, 11) is 0. The van der Waals surface area contributed by atoms with Crippen molar-refractivity contribution in [1.82, 2.24) is 15.1 Å². The number of nitrogens with one attached hydrogen (secondary N) is 1. The second-order valence-corrected chi connectivity index (χ2v) is 6.22. The molecule has 3 rings (SSSR count). The first kappa shape index (κ1) is 16.7. The van der Waals surface area contributed by atoms with Crippen molar-refractivity contribution < 1.29 is 9.21 Å². The van der Waals surface area contributed by atoms with Crippen LogP contribution in [0.4, 0.5) is 0 Å². The summed E-state index contributed by atoms with van der Waals surface area (Å²) in [5, 5.41) is 2.90. The fraction of sp³-hybridized carbons (Fsp3) is 0.421. The molecule has 0 spiro atoms. The van der Waals surface area contributed by atoms with Gasteiger partial charge in [-0.15, -0.1) is 0 Å². The number of carbonyl (C=O) groups excluding carboxylic acids is 1. The summed E-state index contributed by atoms with van der Waals surface area (Å²) in [5.41, 5.74) is 2.98. The van der Waals surface area contributed by atoms with E-state index in [1.165, 1.54) is 18.1 Å². The minimum Gasteiger partial charge on any atom is -0.472 e. The zero-order chi connectivity index (χ0) is 16.8. The van der Waals surface area contributed by atoms with Gasteiger partial charge in [-0.2, -0.15) is 0 Å². The standard InChI is InChI=1S/C19H25N3O2/c1-2-21-8-10-22(11-9-21)14-17-5-3-16(4-6-17)13-20-19(23)18-7-12-24-15-18/h3-7,12,15H,2,8-11,13-14H2,1H3,(H,20,23). The predicted octanol–water partition coefficient (Wildman–Crippen LogP) is 2.35. The van der Waals surface area contributed by atoms with Crippen molar-refractivity contribution in [1.29, 1.82) is 0 Å². The van der Waals surface area contributed by atoms with Crippen LogP contribution in [-0.4, -0.2) is 48.4 Å². The quantitative estimate of drug-likeness (QED) is 0.885. The summed E-state index contributed by atoms with van der Waals surface area (Å²) < 4.78 is 4.92. The number of piperazine rings is 1. The second kappa shape index (κ2) is 8.13. The third kappa shape index (κ3) is 4.46. The van der Waals surface area contributed by atoms with E-state index in [9.17, 15) is 4.79 Å². The number of likely N-dealkylation sites (N-methyl/N-ethyl adjacent to an activating group) is 1. The molecule has 2 aromatic rings. The van der Waals surface area contributed by atoms with Crippen LogP contribution < -0.4 is 5.32 Å². The van der Waals surface area contributed by atoms with Gasteiger partial charge in [0, 0.05) is 39.3 Å². The maximum atomic E-state index is 11.9. The molecular weight excluding hydrogens is 302 g/mol. The third-order valence-corrected chi connectivity index (χ3v) is 4.58. The molecule has 5 heteroatoms. The van der Waals surface area contributed by atoms with Gasteiger partial charge in [-0.1, -0.05) is 31.2 Å². The Morgan fingerprint density at radius 3 is 2.33 bits per heavy atom. The fourth-order valence-electron chi connectivity index (χ4n) is 2.96. The average Bonchev–Trinajstić information content (AvgIpc) is 3.16. The maximum Gasteiger partial charge on any atom is 0.254 e. The number of hydrogen-bond donors (Lipinski definition) is 1. The largest absolute Gasteiger partial charge is 0.472 e. The van der Waals surface area contributed by atoms with Gasteiger partial charge in [0.2, 0.25) is 0 Å². The Morgan fingerprint density at radius 1 is 1.04 bits per heavy atom. The van der Waals surface area contributed by atoms with Gasteiger partial charge >= 0.3 is 0 Å². The summed E-state index contributed by atoms with van der Waals surface area (Å²) in [5.74, 6) is -0.110. The van der Waals surface area contributed by atoms with Crippen molar-refractivity contribution in [2.75, 3.05) is 32.7 Å². The fourth-order valence-corrected chi connectivity index (χ4v) is 2.96. The van der Waals surface area contributed by atoms with Crippen LogP contribution in [0.5, 0.6) is 0 Å². The molecule has 1 N–H and O–H groups in total. The molecule has 0 unspecified atom stereocenters. The average molecular weight is 327 g/mol. The Balaban J connectivity index is 1.46. The second-order valence-electron chi connectivity index (χ2n) is 6.22. The predicted molar refractivity (Wildman–Crippen MR) is 93.7 cm³/mol. The van der Waals surface area contributed by atoms with E-state index in [1.807, 2.05) is 0 Å². The van der Waals surface area contributed by atoms with Crippen molar-refractivity contribution in [3.8, 4) is 0 Å². The number of benzene rings is 1.